The molecule has 1 fully saturated rings. The summed E-state index contributed by atoms with van der Waals surface area (Å²) in [6.07, 6.45) is 1.23. The summed E-state index contributed by atoms with van der Waals surface area (Å²) in [5.41, 5.74) is 2.42. The van der Waals surface area contributed by atoms with Crippen LogP contribution < -0.4 is 10.2 Å². The third-order valence-electron chi connectivity index (χ3n) is 5.22. The summed E-state index contributed by atoms with van der Waals surface area (Å²) in [6, 6.07) is 8.35. The molecule has 1 saturated heterocycles. The molecule has 0 radical (unpaired) electrons. The number of anilines is 1. The number of carbonyl (C=O) groups excluding carboxylic acids is 1. The van der Waals surface area contributed by atoms with Crippen LogP contribution >= 0.6 is 0 Å². The van der Waals surface area contributed by atoms with Crippen LogP contribution in [-0.4, -0.2) is 46.0 Å². The lowest BCUT2D eigenvalue weighted by Gasteiger charge is -2.34. The molecule has 0 bridgehead atoms. The van der Waals surface area contributed by atoms with Gasteiger partial charge in [-0.1, -0.05) is 16.8 Å². The molecule has 0 aliphatic carbocycles. The second kappa shape index (κ2) is 8.17. The number of benzene rings is 1. The molecule has 0 unspecified atom stereocenters. The van der Waals surface area contributed by atoms with Gasteiger partial charge in [0.15, 0.2) is 5.82 Å². The Morgan fingerprint density at radius 1 is 1.16 bits per heavy atom. The Bertz CT molecular complexity index is 1090. The third-order valence-corrected chi connectivity index (χ3v) is 5.22. The number of aryl methyl sites for hydroxylation is 2. The van der Waals surface area contributed by atoms with Crippen LogP contribution in [0.5, 0.6) is 0 Å². The van der Waals surface area contributed by atoms with Crippen LogP contribution in [0.1, 0.15) is 45.0 Å². The van der Waals surface area contributed by atoms with E-state index < -0.39 is 5.60 Å². The zero-order valence-electron chi connectivity index (χ0n) is 18.7. The minimum atomic E-state index is -0.505. The number of carbonyl (C=O) groups is 1. The molecule has 164 valence electrons. The topological polar surface area (TPSA) is 93.4 Å². The van der Waals surface area contributed by atoms with E-state index in [1.54, 1.807) is 6.92 Å². The monoisotopic (exact) mass is 423 g/mol. The molecular formula is C23H29N5O3. The lowest BCUT2D eigenvalue weighted by molar-refractivity contribution is 0.0497. The molecule has 0 spiro atoms. The number of ether oxygens (including phenoxy) is 1. The first kappa shape index (κ1) is 21.1. The van der Waals surface area contributed by atoms with Crippen molar-refractivity contribution in [3.63, 3.8) is 0 Å². The second-order valence-corrected chi connectivity index (χ2v) is 9.11. The van der Waals surface area contributed by atoms with Gasteiger partial charge in [0.25, 0.3) is 5.89 Å². The number of hydrogen-bond donors (Lipinski definition) is 1. The van der Waals surface area contributed by atoms with E-state index in [1.807, 2.05) is 26.8 Å². The smallest absolute Gasteiger partial charge is 0.407 e. The van der Waals surface area contributed by atoms with Gasteiger partial charge in [-0.05, 0) is 65.7 Å². The Kier molecular flexibility index (Phi) is 5.56. The summed E-state index contributed by atoms with van der Waals surface area (Å²) >= 11 is 0. The van der Waals surface area contributed by atoms with Gasteiger partial charge in [-0.15, -0.1) is 0 Å². The molecule has 3 heterocycles. The molecule has 1 aliphatic heterocycles. The molecular weight excluding hydrogens is 394 g/mol. The van der Waals surface area contributed by atoms with E-state index in [1.165, 1.54) is 5.56 Å². The number of alkyl carbamates (subject to hydrolysis) is 1. The van der Waals surface area contributed by atoms with E-state index in [2.05, 4.69) is 45.5 Å². The maximum Gasteiger partial charge on any atom is 0.407 e. The van der Waals surface area contributed by atoms with Gasteiger partial charge in [-0.25, -0.2) is 9.78 Å². The van der Waals surface area contributed by atoms with Crippen molar-refractivity contribution >= 4 is 22.8 Å². The molecule has 0 saturated carbocycles. The molecule has 8 heteroatoms. The lowest BCUT2D eigenvalue weighted by Crippen LogP contribution is -2.46. The van der Waals surface area contributed by atoms with E-state index in [0.29, 0.717) is 11.7 Å². The summed E-state index contributed by atoms with van der Waals surface area (Å²) < 4.78 is 10.9. The highest BCUT2D eigenvalue weighted by atomic mass is 16.6. The zero-order valence-corrected chi connectivity index (χ0v) is 18.7. The minimum absolute atomic E-state index is 0.0725. The Hall–Kier alpha value is -3.16. The maximum absolute atomic E-state index is 12.1. The van der Waals surface area contributed by atoms with Gasteiger partial charge < -0.3 is 19.5 Å². The Labute approximate surface area is 182 Å². The molecule has 1 amide bonds. The van der Waals surface area contributed by atoms with Crippen LogP contribution in [0.3, 0.4) is 0 Å². The van der Waals surface area contributed by atoms with Crippen LogP contribution in [0.2, 0.25) is 0 Å². The summed E-state index contributed by atoms with van der Waals surface area (Å²) in [5, 5.41) is 7.98. The Balaban J connectivity index is 1.57. The first-order chi connectivity index (χ1) is 14.7. The zero-order chi connectivity index (χ0) is 22.2. The van der Waals surface area contributed by atoms with Crippen molar-refractivity contribution in [2.45, 2.75) is 59.1 Å². The van der Waals surface area contributed by atoms with Crippen LogP contribution in [0, 0.1) is 13.8 Å². The fraction of sp³-hybridized carbons (Fsp3) is 0.478. The van der Waals surface area contributed by atoms with Crippen LogP contribution in [-0.2, 0) is 4.74 Å². The molecule has 31 heavy (non-hydrogen) atoms. The number of aromatic nitrogens is 3. The maximum atomic E-state index is 12.1. The highest BCUT2D eigenvalue weighted by molar-refractivity contribution is 5.88. The minimum Gasteiger partial charge on any atom is -0.444 e. The van der Waals surface area contributed by atoms with Crippen molar-refractivity contribution in [3.8, 4) is 11.5 Å². The van der Waals surface area contributed by atoms with E-state index in [-0.39, 0.29) is 12.1 Å². The van der Waals surface area contributed by atoms with Gasteiger partial charge in [-0.2, -0.15) is 4.98 Å². The van der Waals surface area contributed by atoms with Gasteiger partial charge in [-0.3, -0.25) is 0 Å². The van der Waals surface area contributed by atoms with Crippen molar-refractivity contribution in [1.82, 2.24) is 20.4 Å². The quantitative estimate of drug-likeness (QED) is 0.667. The summed E-state index contributed by atoms with van der Waals surface area (Å²) in [7, 11) is 0. The predicted molar refractivity (Wildman–Crippen MR) is 119 cm³/mol. The van der Waals surface area contributed by atoms with Gasteiger partial charge >= 0.3 is 6.09 Å². The van der Waals surface area contributed by atoms with Gasteiger partial charge in [0, 0.05) is 24.5 Å². The molecule has 3 aromatic rings. The average Bonchev–Trinajstić information content (AvgIpc) is 3.12. The summed E-state index contributed by atoms with van der Waals surface area (Å²) in [5.74, 6) is 1.89. The van der Waals surface area contributed by atoms with Crippen molar-refractivity contribution < 1.29 is 14.1 Å². The number of piperidine rings is 1. The molecule has 0 atom stereocenters. The molecule has 1 N–H and O–H groups in total. The fourth-order valence-corrected chi connectivity index (χ4v) is 3.80. The SMILES string of the molecule is Cc1ccc2nc(N3CCC(NC(=O)OC(C)(C)C)CC3)c(-c3nc(C)no3)cc2c1. The number of amides is 1. The number of hydrogen-bond acceptors (Lipinski definition) is 7. The summed E-state index contributed by atoms with van der Waals surface area (Å²) in [6.45, 7) is 11.0. The van der Waals surface area contributed by atoms with Crippen molar-refractivity contribution in [1.29, 1.82) is 0 Å². The van der Waals surface area contributed by atoms with Crippen LogP contribution in [0.4, 0.5) is 10.6 Å². The Morgan fingerprint density at radius 2 is 1.90 bits per heavy atom. The highest BCUT2D eigenvalue weighted by Crippen LogP contribution is 2.33. The third kappa shape index (κ3) is 4.95. The van der Waals surface area contributed by atoms with Crippen molar-refractivity contribution in [2.75, 3.05) is 18.0 Å². The van der Waals surface area contributed by atoms with Gasteiger partial charge in [0.05, 0.1) is 11.1 Å². The largest absolute Gasteiger partial charge is 0.444 e. The number of fused-ring (bicyclic) bond motifs is 1. The van der Waals surface area contributed by atoms with Crippen LogP contribution in [0.15, 0.2) is 28.8 Å². The van der Waals surface area contributed by atoms with Crippen molar-refractivity contribution in [3.05, 3.63) is 35.7 Å². The van der Waals surface area contributed by atoms with E-state index in [0.717, 1.165) is 48.2 Å². The van der Waals surface area contributed by atoms with Crippen LogP contribution in [0.25, 0.3) is 22.4 Å². The summed E-state index contributed by atoms with van der Waals surface area (Å²) in [4.78, 5) is 23.7. The molecule has 2 aromatic heterocycles. The van der Waals surface area contributed by atoms with Crippen molar-refractivity contribution in [2.24, 2.45) is 0 Å². The number of rotatable bonds is 3. The fourth-order valence-electron chi connectivity index (χ4n) is 3.80. The average molecular weight is 424 g/mol. The molecule has 1 aromatic carbocycles. The van der Waals surface area contributed by atoms with E-state index >= 15 is 0 Å². The molecule has 1 aliphatic rings. The Morgan fingerprint density at radius 3 is 2.55 bits per heavy atom. The normalized spacial score (nSPS) is 15.3. The first-order valence-corrected chi connectivity index (χ1v) is 10.6. The van der Waals surface area contributed by atoms with E-state index in [4.69, 9.17) is 14.2 Å². The molecule has 8 nitrogen and oxygen atoms in total. The second-order valence-electron chi connectivity index (χ2n) is 9.11. The number of pyridine rings is 1. The number of nitrogens with zero attached hydrogens (tertiary/aromatic N) is 4. The molecule has 4 rings (SSSR count). The van der Waals surface area contributed by atoms with Gasteiger partial charge in [0.2, 0.25) is 0 Å². The van der Waals surface area contributed by atoms with E-state index in [9.17, 15) is 4.79 Å². The predicted octanol–water partition coefficient (Wildman–Crippen LogP) is 4.40. The van der Waals surface area contributed by atoms with Gasteiger partial charge in [0.1, 0.15) is 11.4 Å². The highest BCUT2D eigenvalue weighted by Gasteiger charge is 2.27. The first-order valence-electron chi connectivity index (χ1n) is 10.6. The standard InChI is InChI=1S/C23H29N5O3/c1-14-6-7-19-16(12-14)13-18(21-24-15(2)27-31-21)20(26-19)28-10-8-17(9-11-28)25-22(29)30-23(3,4)5/h6-7,12-13,17H,8-11H2,1-5H3,(H,25,29). The lowest BCUT2D eigenvalue weighted by atomic mass is 10.0. The number of nitrogens with one attached hydrogen (secondary N) is 1.